The zero-order valence-corrected chi connectivity index (χ0v) is 19.0. The molecule has 1 unspecified atom stereocenters. The molecule has 2 aliphatic rings. The van der Waals surface area contributed by atoms with Gasteiger partial charge in [0.05, 0.1) is 10.4 Å². The molecule has 0 bridgehead atoms. The monoisotopic (exact) mass is 502 g/mol. The zero-order chi connectivity index (χ0) is 24.0. The fourth-order valence-corrected chi connectivity index (χ4v) is 6.44. The Balaban J connectivity index is 1.46. The summed E-state index contributed by atoms with van der Waals surface area (Å²) in [5.74, 6) is -0.165. The van der Waals surface area contributed by atoms with E-state index in [0.717, 1.165) is 12.1 Å². The van der Waals surface area contributed by atoms with E-state index in [1.807, 2.05) is 0 Å². The average molecular weight is 503 g/mol. The van der Waals surface area contributed by atoms with E-state index in [0.29, 0.717) is 31.5 Å². The van der Waals surface area contributed by atoms with Crippen molar-refractivity contribution < 1.29 is 31.5 Å². The Morgan fingerprint density at radius 3 is 2.12 bits per heavy atom. The average Bonchev–Trinajstić information content (AvgIpc) is 3.09. The fourth-order valence-electron chi connectivity index (χ4n) is 4.50. The molecule has 178 valence electrons. The number of carbonyl (C=O) groups is 1. The molecular formula is C22H22ClF3N2O4S. The van der Waals surface area contributed by atoms with Crippen LogP contribution in [0.3, 0.4) is 0 Å². The molecule has 1 amide bonds. The van der Waals surface area contributed by atoms with Crippen molar-refractivity contribution >= 4 is 33.2 Å². The Labute approximate surface area is 194 Å². The number of hydrogen-bond acceptors (Lipinski definition) is 4. The van der Waals surface area contributed by atoms with Crippen LogP contribution in [-0.2, 0) is 14.8 Å². The maximum absolute atomic E-state index is 13.2. The summed E-state index contributed by atoms with van der Waals surface area (Å²) in [6.07, 6.45) is -6.14. The van der Waals surface area contributed by atoms with Gasteiger partial charge in [-0.3, -0.25) is 4.79 Å². The Kier molecular flexibility index (Phi) is 6.24. The highest BCUT2D eigenvalue weighted by Crippen LogP contribution is 2.44. The first kappa shape index (κ1) is 24.0. The minimum atomic E-state index is -4.77. The summed E-state index contributed by atoms with van der Waals surface area (Å²) >= 11 is 6.07. The van der Waals surface area contributed by atoms with Crippen LogP contribution in [0.5, 0.6) is 0 Å². The van der Waals surface area contributed by atoms with Gasteiger partial charge in [0.15, 0.2) is 6.10 Å². The summed E-state index contributed by atoms with van der Waals surface area (Å²) in [6.45, 7) is 0.727. The van der Waals surface area contributed by atoms with Crippen molar-refractivity contribution in [3.05, 3.63) is 59.1 Å². The van der Waals surface area contributed by atoms with Gasteiger partial charge in [-0.1, -0.05) is 35.9 Å². The van der Waals surface area contributed by atoms with Crippen molar-refractivity contribution in [2.45, 2.75) is 36.4 Å². The maximum atomic E-state index is 13.2. The van der Waals surface area contributed by atoms with Crippen molar-refractivity contribution in [2.24, 2.45) is 5.41 Å². The van der Waals surface area contributed by atoms with Crippen LogP contribution in [0.4, 0.5) is 18.9 Å². The molecule has 2 fully saturated rings. The van der Waals surface area contributed by atoms with Gasteiger partial charge in [0.1, 0.15) is 4.90 Å². The molecule has 0 aliphatic carbocycles. The normalized spacial score (nSPS) is 20.4. The van der Waals surface area contributed by atoms with Crippen molar-refractivity contribution in [3.63, 3.8) is 0 Å². The lowest BCUT2D eigenvalue weighted by atomic mass is 9.77. The largest absolute Gasteiger partial charge is 0.418 e. The van der Waals surface area contributed by atoms with E-state index in [1.54, 1.807) is 12.1 Å². The second kappa shape index (κ2) is 8.57. The first-order chi connectivity index (χ1) is 15.5. The van der Waals surface area contributed by atoms with E-state index in [4.69, 9.17) is 11.6 Å². The summed E-state index contributed by atoms with van der Waals surface area (Å²) in [4.78, 5) is 14.8. The smallest absolute Gasteiger partial charge is 0.379 e. The van der Waals surface area contributed by atoms with Crippen LogP contribution in [0.25, 0.3) is 0 Å². The number of rotatable bonds is 4. The van der Waals surface area contributed by atoms with Crippen molar-refractivity contribution in [2.75, 3.05) is 24.5 Å². The van der Waals surface area contributed by atoms with E-state index in [2.05, 4.69) is 0 Å². The number of sulfonamides is 1. The first-order valence-electron chi connectivity index (χ1n) is 10.4. The third kappa shape index (κ3) is 4.37. The molecule has 2 aromatic carbocycles. The number of amides is 1. The lowest BCUT2D eigenvalue weighted by molar-refractivity contribution is -0.206. The minimum absolute atomic E-state index is 0.0307. The van der Waals surface area contributed by atoms with Crippen LogP contribution in [0.2, 0.25) is 5.02 Å². The summed E-state index contributed by atoms with van der Waals surface area (Å²) in [7, 11) is -3.79. The summed E-state index contributed by atoms with van der Waals surface area (Å²) in [6, 6.07) is 11.3. The standard InChI is InChI=1S/C22H22ClF3N2O4S/c23-17-3-1-2-4-18(17)33(31,32)27-12-9-21(10-13-27)11-14-28(20(21)30)16-7-5-15(6-8-16)19(29)22(24,25)26/h1-8,19,29H,9-14H2. The Bertz CT molecular complexity index is 1150. The summed E-state index contributed by atoms with van der Waals surface area (Å²) in [5, 5.41) is 9.53. The van der Waals surface area contributed by atoms with E-state index in [9.17, 15) is 31.5 Å². The molecule has 6 nitrogen and oxygen atoms in total. The number of anilines is 1. The summed E-state index contributed by atoms with van der Waals surface area (Å²) < 4.78 is 65.4. The van der Waals surface area contributed by atoms with Crippen molar-refractivity contribution in [1.82, 2.24) is 4.31 Å². The molecule has 1 N–H and O–H groups in total. The Morgan fingerprint density at radius 2 is 1.55 bits per heavy atom. The van der Waals surface area contributed by atoms with E-state index < -0.39 is 27.7 Å². The highest BCUT2D eigenvalue weighted by atomic mass is 35.5. The molecule has 0 saturated carbocycles. The van der Waals surface area contributed by atoms with E-state index in [-0.39, 0.29) is 34.5 Å². The molecule has 2 aromatic rings. The molecule has 1 spiro atoms. The van der Waals surface area contributed by atoms with Crippen LogP contribution in [-0.4, -0.2) is 49.5 Å². The second-order valence-electron chi connectivity index (χ2n) is 8.36. The predicted molar refractivity (Wildman–Crippen MR) is 116 cm³/mol. The fraction of sp³-hybridized carbons (Fsp3) is 0.409. The number of carbonyl (C=O) groups excluding carboxylic acids is 1. The number of benzene rings is 2. The third-order valence-electron chi connectivity index (χ3n) is 6.48. The molecule has 2 saturated heterocycles. The van der Waals surface area contributed by atoms with Gasteiger partial charge in [0.2, 0.25) is 15.9 Å². The third-order valence-corrected chi connectivity index (χ3v) is 8.88. The van der Waals surface area contributed by atoms with Gasteiger partial charge in [-0.25, -0.2) is 8.42 Å². The van der Waals surface area contributed by atoms with Crippen LogP contribution < -0.4 is 4.90 Å². The number of nitrogens with zero attached hydrogens (tertiary/aromatic N) is 2. The molecule has 0 aromatic heterocycles. The van der Waals surface area contributed by atoms with Gasteiger partial charge in [0, 0.05) is 25.3 Å². The maximum Gasteiger partial charge on any atom is 0.418 e. The zero-order valence-electron chi connectivity index (χ0n) is 17.4. The topological polar surface area (TPSA) is 77.9 Å². The highest BCUT2D eigenvalue weighted by Gasteiger charge is 2.50. The van der Waals surface area contributed by atoms with Crippen molar-refractivity contribution in [3.8, 4) is 0 Å². The number of aliphatic hydroxyl groups is 1. The molecule has 1 atom stereocenters. The molecular weight excluding hydrogens is 481 g/mol. The van der Waals surface area contributed by atoms with Gasteiger partial charge in [0.25, 0.3) is 0 Å². The first-order valence-corrected chi connectivity index (χ1v) is 12.2. The van der Waals surface area contributed by atoms with Gasteiger partial charge in [-0.05, 0) is 49.1 Å². The molecule has 0 radical (unpaired) electrons. The van der Waals surface area contributed by atoms with Crippen molar-refractivity contribution in [1.29, 1.82) is 0 Å². The summed E-state index contributed by atoms with van der Waals surface area (Å²) in [5.41, 5.74) is -0.566. The van der Waals surface area contributed by atoms with Crippen LogP contribution in [0, 0.1) is 5.41 Å². The second-order valence-corrected chi connectivity index (χ2v) is 10.7. The van der Waals surface area contributed by atoms with E-state index >= 15 is 0 Å². The molecule has 2 aliphatic heterocycles. The lowest BCUT2D eigenvalue weighted by Gasteiger charge is -2.37. The number of alkyl halides is 3. The van der Waals surface area contributed by atoms with Gasteiger partial charge in [-0.2, -0.15) is 17.5 Å². The minimum Gasteiger partial charge on any atom is -0.379 e. The Morgan fingerprint density at radius 1 is 0.970 bits per heavy atom. The van der Waals surface area contributed by atoms with E-state index in [1.165, 1.54) is 33.5 Å². The van der Waals surface area contributed by atoms with Crippen LogP contribution >= 0.6 is 11.6 Å². The van der Waals surface area contributed by atoms with Crippen LogP contribution in [0.15, 0.2) is 53.4 Å². The predicted octanol–water partition coefficient (Wildman–Crippen LogP) is 4.14. The van der Waals surface area contributed by atoms with Gasteiger partial charge in [-0.15, -0.1) is 0 Å². The highest BCUT2D eigenvalue weighted by molar-refractivity contribution is 7.89. The molecule has 33 heavy (non-hydrogen) atoms. The quantitative estimate of drug-likeness (QED) is 0.681. The lowest BCUT2D eigenvalue weighted by Crippen LogP contribution is -2.46. The number of hydrogen-bond donors (Lipinski definition) is 1. The Hall–Kier alpha value is -2.14. The van der Waals surface area contributed by atoms with Gasteiger partial charge >= 0.3 is 6.18 Å². The SMILES string of the molecule is O=C1N(c2ccc(C(O)C(F)(F)F)cc2)CCC12CCN(S(=O)(=O)c1ccccc1Cl)CC2. The van der Waals surface area contributed by atoms with Gasteiger partial charge < -0.3 is 10.0 Å². The molecule has 2 heterocycles. The molecule has 11 heteroatoms. The number of aliphatic hydroxyl groups excluding tert-OH is 1. The number of piperidine rings is 1. The number of halogens is 4. The molecule has 4 rings (SSSR count). The van der Waals surface area contributed by atoms with Crippen LogP contribution in [0.1, 0.15) is 30.9 Å².